The van der Waals surface area contributed by atoms with E-state index in [0.29, 0.717) is 22.7 Å². The molecule has 0 fully saturated rings. The van der Waals surface area contributed by atoms with E-state index in [4.69, 9.17) is 11.6 Å². The minimum atomic E-state index is -3.25. The van der Waals surface area contributed by atoms with Crippen molar-refractivity contribution in [1.82, 2.24) is 0 Å². The molecule has 0 spiro atoms. The Morgan fingerprint density at radius 1 is 0.804 bits per heavy atom. The van der Waals surface area contributed by atoms with Gasteiger partial charge in [-0.15, -0.1) is 0 Å². The Hall–Kier alpha value is -4.86. The van der Waals surface area contributed by atoms with E-state index < -0.39 is 35.1 Å². The van der Waals surface area contributed by atoms with Crippen molar-refractivity contribution in [3.63, 3.8) is 0 Å². The molecule has 0 aromatic heterocycles. The van der Waals surface area contributed by atoms with Crippen molar-refractivity contribution in [3.8, 4) is 5.75 Å². The lowest BCUT2D eigenvalue weighted by atomic mass is 9.92. The quantitative estimate of drug-likeness (QED) is 0.140. The lowest BCUT2D eigenvalue weighted by molar-refractivity contribution is -0.117. The fraction of sp³-hybridized carbons (Fsp3) is 0.167. The fourth-order valence-corrected chi connectivity index (χ4v) is 6.67. The van der Waals surface area contributed by atoms with Crippen LogP contribution in [0.15, 0.2) is 91.0 Å². The number of aryl methyl sites for hydroxylation is 2. The molecule has 0 unspecified atom stereocenters. The highest BCUT2D eigenvalue weighted by Crippen LogP contribution is 2.33. The number of rotatable bonds is 10. The van der Waals surface area contributed by atoms with Gasteiger partial charge >= 0.3 is 5.97 Å². The van der Waals surface area contributed by atoms with E-state index in [-0.39, 0.29) is 17.8 Å². The molecule has 0 radical (unpaired) electrons. The maximum Gasteiger partial charge on any atom is 0.339 e. The molecule has 46 heavy (non-hydrogen) atoms. The second-order valence-electron chi connectivity index (χ2n) is 11.2. The molecule has 5 aromatic carbocycles. The average molecular weight is 657 g/mol. The van der Waals surface area contributed by atoms with Crippen molar-refractivity contribution in [3.05, 3.63) is 135 Å². The molecule has 0 aliphatic rings. The topological polar surface area (TPSA) is 115 Å². The van der Waals surface area contributed by atoms with Gasteiger partial charge in [-0.05, 0) is 102 Å². The van der Waals surface area contributed by atoms with Crippen LogP contribution in [0, 0.1) is 20.8 Å². The molecule has 2 N–H and O–H groups in total. The first-order valence-corrected chi connectivity index (χ1v) is 16.0. The lowest BCUT2D eigenvalue weighted by Crippen LogP contribution is -2.40. The molecule has 5 aromatic rings. The molecule has 5 rings (SSSR count). The Kier molecular flexibility index (Phi) is 9.65. The number of halogens is 1. The average Bonchev–Trinajstić information content (AvgIpc) is 3.01. The predicted octanol–water partition coefficient (Wildman–Crippen LogP) is 6.98. The molecule has 236 valence electrons. The second-order valence-corrected chi connectivity index (χ2v) is 12.6. The first-order valence-electron chi connectivity index (χ1n) is 14.5. The Bertz CT molecular complexity index is 2030. The van der Waals surface area contributed by atoms with Crippen LogP contribution >= 0.6 is 11.6 Å². The second kappa shape index (κ2) is 13.6. The van der Waals surface area contributed by atoms with Gasteiger partial charge in [-0.25, -0.2) is 13.2 Å². The number of carbonyl (C=O) groups excluding carboxylic acids is 1. The molecule has 0 bridgehead atoms. The number of benzene rings is 5. The van der Waals surface area contributed by atoms with E-state index in [1.54, 1.807) is 12.1 Å². The number of carboxylic acids is 1. The minimum absolute atomic E-state index is 0.0483. The summed E-state index contributed by atoms with van der Waals surface area (Å²) in [4.78, 5) is 27.0. The van der Waals surface area contributed by atoms with Gasteiger partial charge in [0.2, 0.25) is 16.8 Å². The summed E-state index contributed by atoms with van der Waals surface area (Å²) in [6.45, 7) is 5.17. The van der Waals surface area contributed by atoms with Crippen LogP contribution in [-0.2, 0) is 28.7 Å². The van der Waals surface area contributed by atoms with Crippen molar-refractivity contribution in [1.29, 1.82) is 0 Å². The van der Waals surface area contributed by atoms with Crippen LogP contribution in [0.25, 0.3) is 10.8 Å². The monoisotopic (exact) mass is 656 g/mol. The van der Waals surface area contributed by atoms with Crippen molar-refractivity contribution in [2.24, 2.45) is 0 Å². The van der Waals surface area contributed by atoms with Gasteiger partial charge in [-0.3, -0.25) is 9.10 Å². The first-order chi connectivity index (χ1) is 21.9. The normalized spacial score (nSPS) is 11.2. The van der Waals surface area contributed by atoms with Crippen LogP contribution in [0.4, 0.5) is 11.4 Å². The number of fused-ring (bicyclic) bond motifs is 1. The largest absolute Gasteiger partial charge is 0.507 e. The first kappa shape index (κ1) is 32.5. The number of phenols is 1. The summed E-state index contributed by atoms with van der Waals surface area (Å²) in [5.74, 6) is -2.38. The van der Waals surface area contributed by atoms with Crippen LogP contribution < -0.4 is 9.21 Å². The summed E-state index contributed by atoms with van der Waals surface area (Å²) in [6.07, 6.45) is 0.544. The van der Waals surface area contributed by atoms with Crippen LogP contribution in [0.5, 0.6) is 5.75 Å². The summed E-state index contributed by atoms with van der Waals surface area (Å²) in [5.41, 5.74) is 5.48. The third kappa shape index (κ3) is 7.01. The summed E-state index contributed by atoms with van der Waals surface area (Å²) in [5, 5.41) is 22.5. The van der Waals surface area contributed by atoms with Gasteiger partial charge in [0.1, 0.15) is 17.9 Å². The van der Waals surface area contributed by atoms with Crippen LogP contribution in [0.1, 0.15) is 43.7 Å². The minimum Gasteiger partial charge on any atom is -0.507 e. The van der Waals surface area contributed by atoms with E-state index in [0.717, 1.165) is 42.9 Å². The molecule has 0 aliphatic carbocycles. The van der Waals surface area contributed by atoms with Crippen molar-refractivity contribution in [2.75, 3.05) is 15.7 Å². The molecular formula is C36H33ClN2O6S. The Morgan fingerprint density at radius 3 is 2.13 bits per heavy atom. The number of hydrogen-bond donors (Lipinski definition) is 3. The third-order valence-electron chi connectivity index (χ3n) is 8.10. The van der Waals surface area contributed by atoms with Gasteiger partial charge in [-0.2, -0.15) is 0 Å². The number of anilines is 2. The maximum atomic E-state index is 14.1. The van der Waals surface area contributed by atoms with Crippen LogP contribution in [0.2, 0.25) is 5.02 Å². The highest BCUT2D eigenvalue weighted by atomic mass is 35.5. The molecule has 0 saturated carbocycles. The molecule has 8 nitrogen and oxygen atoms in total. The third-order valence-corrected chi connectivity index (χ3v) is 9.09. The van der Waals surface area contributed by atoms with E-state index in [9.17, 15) is 28.2 Å². The molecule has 0 heterocycles. The summed E-state index contributed by atoms with van der Waals surface area (Å²) in [7, 11) is -3.25. The highest BCUT2D eigenvalue weighted by Gasteiger charge is 2.26. The predicted molar refractivity (Wildman–Crippen MR) is 183 cm³/mol. The zero-order valence-corrected chi connectivity index (χ0v) is 27.2. The smallest absolute Gasteiger partial charge is 0.339 e. The molecule has 1 amide bonds. The van der Waals surface area contributed by atoms with Gasteiger partial charge in [0, 0.05) is 16.8 Å². The Morgan fingerprint density at radius 2 is 1.48 bits per heavy atom. The SMILES string of the molecule is Cc1cc(C)c(N(CC(=O)N(Cc2ccc3ccccc3c2)c2ccc(C(=O)O)c(O)c2)[SH](=O)=O)c(C)c1Cc1ccc(Cl)cc1. The van der Waals surface area contributed by atoms with Gasteiger partial charge in [0.05, 0.1) is 12.2 Å². The number of amides is 1. The Balaban J connectivity index is 1.54. The van der Waals surface area contributed by atoms with Crippen LogP contribution in [-0.4, -0.2) is 37.1 Å². The van der Waals surface area contributed by atoms with E-state index in [2.05, 4.69) is 0 Å². The number of aromatic carboxylic acids is 1. The number of carboxylic acid groups (broad SMARTS) is 1. The lowest BCUT2D eigenvalue weighted by Gasteiger charge is -2.29. The van der Waals surface area contributed by atoms with Crippen LogP contribution in [0.3, 0.4) is 0 Å². The zero-order valence-electron chi connectivity index (χ0n) is 25.5. The van der Waals surface area contributed by atoms with Gasteiger partial charge in [0.25, 0.3) is 0 Å². The molecule has 0 saturated heterocycles. The van der Waals surface area contributed by atoms with Gasteiger partial charge < -0.3 is 15.1 Å². The molecule has 10 heteroatoms. The van der Waals surface area contributed by atoms with Crippen molar-refractivity contribution in [2.45, 2.75) is 33.7 Å². The van der Waals surface area contributed by atoms with Crippen molar-refractivity contribution >= 4 is 56.5 Å². The number of nitrogens with zero attached hydrogens (tertiary/aromatic N) is 2. The number of hydrogen-bond acceptors (Lipinski definition) is 5. The van der Waals surface area contributed by atoms with E-state index >= 15 is 0 Å². The van der Waals surface area contributed by atoms with Gasteiger partial charge in [0.15, 0.2) is 0 Å². The standard InChI is InChI=1S/C36H33ClN2O6S/c1-22-16-23(2)35(24(3)32(22)18-25-9-12-29(37)13-10-25)39(46(44)45)21-34(41)38(30-14-15-31(36(42)43)33(40)19-30)20-26-8-11-27-6-4-5-7-28(27)17-26/h4-17,19,40,46H,18,20-21H2,1-3H3,(H,42,43). The summed E-state index contributed by atoms with van der Waals surface area (Å²) in [6, 6.07) is 26.7. The van der Waals surface area contributed by atoms with Gasteiger partial charge in [-0.1, -0.05) is 66.2 Å². The fourth-order valence-electron chi connectivity index (χ4n) is 5.83. The molecule has 0 atom stereocenters. The Labute approximate surface area is 274 Å². The summed E-state index contributed by atoms with van der Waals surface area (Å²) >= 11 is 6.07. The van der Waals surface area contributed by atoms with E-state index in [1.807, 2.05) is 81.4 Å². The maximum absolute atomic E-state index is 14.1. The number of carbonyl (C=O) groups is 2. The number of aromatic hydroxyl groups is 1. The summed E-state index contributed by atoms with van der Waals surface area (Å²) < 4.78 is 26.8. The molecular weight excluding hydrogens is 624 g/mol. The van der Waals surface area contributed by atoms with E-state index in [1.165, 1.54) is 23.1 Å². The van der Waals surface area contributed by atoms with Crippen molar-refractivity contribution < 1.29 is 28.2 Å². The number of thiol groups is 1. The highest BCUT2D eigenvalue weighted by molar-refractivity contribution is 7.74. The molecule has 0 aliphatic heterocycles. The zero-order chi connectivity index (χ0) is 33.1.